The van der Waals surface area contributed by atoms with Crippen LogP contribution in [0.25, 0.3) is 0 Å². The van der Waals surface area contributed by atoms with Gasteiger partial charge < -0.3 is 10.6 Å². The van der Waals surface area contributed by atoms with Crippen LogP contribution in [0.2, 0.25) is 5.02 Å². The summed E-state index contributed by atoms with van der Waals surface area (Å²) in [6.45, 7) is 3.96. The number of nitrogens with one attached hydrogen (secondary N) is 2. The first-order chi connectivity index (χ1) is 11.1. The van der Waals surface area contributed by atoms with E-state index >= 15 is 0 Å². The van der Waals surface area contributed by atoms with Crippen LogP contribution in [-0.4, -0.2) is 9.97 Å². The van der Waals surface area contributed by atoms with Gasteiger partial charge in [0.05, 0.1) is 0 Å². The largest absolute Gasteiger partial charge is 0.340 e. The predicted molar refractivity (Wildman–Crippen MR) is 96.0 cm³/mol. The summed E-state index contributed by atoms with van der Waals surface area (Å²) in [4.78, 5) is 8.94. The van der Waals surface area contributed by atoms with Gasteiger partial charge in [-0.2, -0.15) is 4.98 Å². The molecule has 0 bridgehead atoms. The van der Waals surface area contributed by atoms with Gasteiger partial charge in [0.25, 0.3) is 0 Å². The van der Waals surface area contributed by atoms with Crippen molar-refractivity contribution in [2.45, 2.75) is 13.8 Å². The first-order valence-electron chi connectivity index (χ1n) is 7.31. The van der Waals surface area contributed by atoms with Gasteiger partial charge >= 0.3 is 0 Å². The third-order valence-electron chi connectivity index (χ3n) is 3.35. The van der Waals surface area contributed by atoms with Gasteiger partial charge in [0.2, 0.25) is 5.95 Å². The van der Waals surface area contributed by atoms with Crippen molar-refractivity contribution in [1.29, 1.82) is 0 Å². The summed E-state index contributed by atoms with van der Waals surface area (Å²) < 4.78 is 0. The SMILES string of the molecule is Cc1cc(Nc2cc(Cl)ccc2C)nc(Nc2ccccc2)n1. The second kappa shape index (κ2) is 6.67. The standard InChI is InChI=1S/C18H17ClN4/c1-12-8-9-14(19)11-16(12)22-17-10-13(2)20-18(23-17)21-15-6-4-3-5-7-15/h3-11H,1-2H3,(H2,20,21,22,23). The highest BCUT2D eigenvalue weighted by Crippen LogP contribution is 2.24. The van der Waals surface area contributed by atoms with E-state index in [1.807, 2.05) is 68.4 Å². The van der Waals surface area contributed by atoms with Gasteiger partial charge in [0.15, 0.2) is 0 Å². The molecule has 2 N–H and O–H groups in total. The van der Waals surface area contributed by atoms with Crippen LogP contribution in [0.5, 0.6) is 0 Å². The van der Waals surface area contributed by atoms with E-state index in [0.717, 1.165) is 28.5 Å². The topological polar surface area (TPSA) is 49.8 Å². The third kappa shape index (κ3) is 3.99. The summed E-state index contributed by atoms with van der Waals surface area (Å²) in [5.74, 6) is 1.28. The molecule has 0 unspecified atom stereocenters. The van der Waals surface area contributed by atoms with E-state index in [9.17, 15) is 0 Å². The van der Waals surface area contributed by atoms with Crippen LogP contribution in [0.1, 0.15) is 11.3 Å². The van der Waals surface area contributed by atoms with Gasteiger partial charge in [-0.3, -0.25) is 0 Å². The van der Waals surface area contributed by atoms with Crippen molar-refractivity contribution in [1.82, 2.24) is 9.97 Å². The Bertz CT molecular complexity index is 819. The van der Waals surface area contributed by atoms with Gasteiger partial charge in [-0.1, -0.05) is 35.9 Å². The van der Waals surface area contributed by atoms with Crippen molar-refractivity contribution in [3.05, 3.63) is 70.9 Å². The molecule has 2 aromatic carbocycles. The number of hydrogen-bond donors (Lipinski definition) is 2. The first-order valence-corrected chi connectivity index (χ1v) is 7.69. The zero-order valence-electron chi connectivity index (χ0n) is 13.0. The number of rotatable bonds is 4. The molecule has 0 spiro atoms. The molecular formula is C18H17ClN4. The maximum Gasteiger partial charge on any atom is 0.229 e. The lowest BCUT2D eigenvalue weighted by Gasteiger charge is -2.12. The van der Waals surface area contributed by atoms with E-state index in [-0.39, 0.29) is 0 Å². The lowest BCUT2D eigenvalue weighted by molar-refractivity contribution is 1.11. The van der Waals surface area contributed by atoms with E-state index in [4.69, 9.17) is 11.6 Å². The fraction of sp³-hybridized carbons (Fsp3) is 0.111. The van der Waals surface area contributed by atoms with Crippen LogP contribution in [0.15, 0.2) is 54.6 Å². The normalized spacial score (nSPS) is 10.4. The zero-order chi connectivity index (χ0) is 16.2. The highest BCUT2D eigenvalue weighted by molar-refractivity contribution is 6.30. The van der Waals surface area contributed by atoms with Crippen molar-refractivity contribution >= 4 is 34.7 Å². The molecule has 23 heavy (non-hydrogen) atoms. The van der Waals surface area contributed by atoms with Crippen LogP contribution in [0.3, 0.4) is 0 Å². The van der Waals surface area contributed by atoms with E-state index in [1.165, 1.54) is 0 Å². The maximum atomic E-state index is 6.07. The van der Waals surface area contributed by atoms with Gasteiger partial charge in [0.1, 0.15) is 5.82 Å². The first kappa shape index (κ1) is 15.3. The second-order valence-corrected chi connectivity index (χ2v) is 5.73. The van der Waals surface area contributed by atoms with Crippen molar-refractivity contribution in [2.24, 2.45) is 0 Å². The van der Waals surface area contributed by atoms with Crippen LogP contribution < -0.4 is 10.6 Å². The fourth-order valence-electron chi connectivity index (χ4n) is 2.21. The Hall–Kier alpha value is -2.59. The minimum Gasteiger partial charge on any atom is -0.340 e. The molecule has 1 aromatic heterocycles. The number of nitrogens with zero attached hydrogens (tertiary/aromatic N) is 2. The number of hydrogen-bond acceptors (Lipinski definition) is 4. The number of aromatic nitrogens is 2. The summed E-state index contributed by atoms with van der Waals surface area (Å²) >= 11 is 6.07. The van der Waals surface area contributed by atoms with Crippen LogP contribution in [0.4, 0.5) is 23.1 Å². The Morgan fingerprint density at radius 3 is 2.43 bits per heavy atom. The smallest absolute Gasteiger partial charge is 0.229 e. The Morgan fingerprint density at radius 1 is 0.870 bits per heavy atom. The summed E-state index contributed by atoms with van der Waals surface area (Å²) in [6.07, 6.45) is 0. The van der Waals surface area contributed by atoms with Crippen molar-refractivity contribution < 1.29 is 0 Å². The van der Waals surface area contributed by atoms with Gasteiger partial charge in [-0.05, 0) is 43.7 Å². The molecule has 3 rings (SSSR count). The molecule has 0 radical (unpaired) electrons. The average molecular weight is 325 g/mol. The van der Waals surface area contributed by atoms with Crippen LogP contribution in [-0.2, 0) is 0 Å². The quantitative estimate of drug-likeness (QED) is 0.689. The number of para-hydroxylation sites is 1. The Kier molecular flexibility index (Phi) is 4.44. The van der Waals surface area contributed by atoms with Crippen molar-refractivity contribution in [3.8, 4) is 0 Å². The van der Waals surface area contributed by atoms with Crippen LogP contribution >= 0.6 is 11.6 Å². The van der Waals surface area contributed by atoms with Crippen molar-refractivity contribution in [2.75, 3.05) is 10.6 Å². The molecule has 0 fully saturated rings. The van der Waals surface area contributed by atoms with E-state index in [2.05, 4.69) is 20.6 Å². The highest BCUT2D eigenvalue weighted by Gasteiger charge is 2.05. The summed E-state index contributed by atoms with van der Waals surface area (Å²) in [7, 11) is 0. The van der Waals surface area contributed by atoms with Gasteiger partial charge in [-0.25, -0.2) is 4.98 Å². The molecule has 3 aromatic rings. The monoisotopic (exact) mass is 324 g/mol. The zero-order valence-corrected chi connectivity index (χ0v) is 13.7. The van der Waals surface area contributed by atoms with Gasteiger partial charge in [0, 0.05) is 28.2 Å². The Morgan fingerprint density at radius 2 is 1.65 bits per heavy atom. The predicted octanol–water partition coefficient (Wildman–Crippen LogP) is 5.23. The second-order valence-electron chi connectivity index (χ2n) is 5.29. The third-order valence-corrected chi connectivity index (χ3v) is 3.58. The maximum absolute atomic E-state index is 6.07. The molecule has 0 aliphatic rings. The molecule has 0 aliphatic carbocycles. The molecule has 0 amide bonds. The molecular weight excluding hydrogens is 308 g/mol. The molecule has 0 saturated heterocycles. The molecule has 0 aliphatic heterocycles. The molecule has 0 atom stereocenters. The van der Waals surface area contributed by atoms with Crippen molar-refractivity contribution in [3.63, 3.8) is 0 Å². The lowest BCUT2D eigenvalue weighted by atomic mass is 10.2. The van der Waals surface area contributed by atoms with E-state index in [1.54, 1.807) is 0 Å². The minimum absolute atomic E-state index is 0.554. The summed E-state index contributed by atoms with van der Waals surface area (Å²) in [5.41, 5.74) is 3.85. The molecule has 4 nitrogen and oxygen atoms in total. The molecule has 5 heteroatoms. The average Bonchev–Trinajstić information content (AvgIpc) is 2.51. The number of aryl methyl sites for hydroxylation is 2. The lowest BCUT2D eigenvalue weighted by Crippen LogP contribution is -2.03. The Labute approximate surface area is 140 Å². The number of halogens is 1. The summed E-state index contributed by atoms with van der Waals surface area (Å²) in [6, 6.07) is 17.5. The highest BCUT2D eigenvalue weighted by atomic mass is 35.5. The van der Waals surface area contributed by atoms with E-state index < -0.39 is 0 Å². The molecule has 0 saturated carbocycles. The van der Waals surface area contributed by atoms with Gasteiger partial charge in [-0.15, -0.1) is 0 Å². The number of anilines is 4. The fourth-order valence-corrected chi connectivity index (χ4v) is 2.38. The molecule has 1 heterocycles. The minimum atomic E-state index is 0.554. The summed E-state index contributed by atoms with van der Waals surface area (Å²) in [5, 5.41) is 7.20. The van der Waals surface area contributed by atoms with E-state index in [0.29, 0.717) is 11.0 Å². The number of benzene rings is 2. The Balaban J connectivity index is 1.87. The van der Waals surface area contributed by atoms with Crippen LogP contribution in [0, 0.1) is 13.8 Å². The molecule has 116 valence electrons.